The Kier molecular flexibility index (Phi) is 3.53. The number of carbonyl (C=O) groups excluding carboxylic acids is 1. The van der Waals surface area contributed by atoms with Gasteiger partial charge in [0, 0.05) is 11.1 Å². The first-order valence-corrected chi connectivity index (χ1v) is 6.45. The number of rotatable bonds is 2. The smallest absolute Gasteiger partial charge is 0.161 e. The summed E-state index contributed by atoms with van der Waals surface area (Å²) in [4.78, 5) is 10.7. The topological polar surface area (TPSA) is 57.5 Å². The van der Waals surface area contributed by atoms with E-state index < -0.39 is 0 Å². The monoisotopic (exact) mass is 270 g/mol. The standard InChI is InChI=1S/C17H18O3/c1-17(2,3)14-8-13(9-15(19)16(14)20)12-6-4-11(10-18)5-7-12/h4-10,19-20H,1-3H3. The summed E-state index contributed by atoms with van der Waals surface area (Å²) in [5.41, 5.74) is 2.71. The van der Waals surface area contributed by atoms with Crippen LogP contribution in [0.5, 0.6) is 11.5 Å². The van der Waals surface area contributed by atoms with E-state index in [1.807, 2.05) is 39.0 Å². The summed E-state index contributed by atoms with van der Waals surface area (Å²) in [6, 6.07) is 10.5. The molecular formula is C17H18O3. The summed E-state index contributed by atoms with van der Waals surface area (Å²) in [5, 5.41) is 19.9. The molecule has 0 radical (unpaired) electrons. The molecule has 0 saturated carbocycles. The molecule has 104 valence electrons. The van der Waals surface area contributed by atoms with Crippen molar-refractivity contribution in [2.24, 2.45) is 0 Å². The van der Waals surface area contributed by atoms with E-state index in [0.29, 0.717) is 11.1 Å². The molecular weight excluding hydrogens is 252 g/mol. The molecule has 0 heterocycles. The van der Waals surface area contributed by atoms with Crippen LogP contribution in [-0.4, -0.2) is 16.5 Å². The van der Waals surface area contributed by atoms with Gasteiger partial charge in [0.25, 0.3) is 0 Å². The Balaban J connectivity index is 2.57. The zero-order chi connectivity index (χ0) is 14.9. The average molecular weight is 270 g/mol. The molecule has 2 aromatic carbocycles. The molecule has 0 aromatic heterocycles. The third-order valence-corrected chi connectivity index (χ3v) is 3.28. The van der Waals surface area contributed by atoms with E-state index >= 15 is 0 Å². The van der Waals surface area contributed by atoms with E-state index in [1.54, 1.807) is 12.1 Å². The van der Waals surface area contributed by atoms with Gasteiger partial charge in [0.15, 0.2) is 11.5 Å². The van der Waals surface area contributed by atoms with Crippen LogP contribution in [0.4, 0.5) is 0 Å². The molecule has 0 unspecified atom stereocenters. The van der Waals surface area contributed by atoms with Gasteiger partial charge in [-0.05, 0) is 28.7 Å². The largest absolute Gasteiger partial charge is 0.504 e. The van der Waals surface area contributed by atoms with Gasteiger partial charge in [-0.15, -0.1) is 0 Å². The molecule has 0 amide bonds. The predicted molar refractivity (Wildman–Crippen MR) is 79.3 cm³/mol. The van der Waals surface area contributed by atoms with Crippen LogP contribution >= 0.6 is 0 Å². The summed E-state index contributed by atoms with van der Waals surface area (Å²) in [7, 11) is 0. The highest BCUT2D eigenvalue weighted by Gasteiger charge is 2.21. The van der Waals surface area contributed by atoms with Crippen molar-refractivity contribution < 1.29 is 15.0 Å². The van der Waals surface area contributed by atoms with E-state index in [2.05, 4.69) is 0 Å². The maximum absolute atomic E-state index is 10.7. The van der Waals surface area contributed by atoms with Crippen LogP contribution in [0.15, 0.2) is 36.4 Å². The van der Waals surface area contributed by atoms with Crippen LogP contribution in [0, 0.1) is 0 Å². The SMILES string of the molecule is CC(C)(C)c1cc(-c2ccc(C=O)cc2)cc(O)c1O. The lowest BCUT2D eigenvalue weighted by atomic mass is 9.84. The molecule has 20 heavy (non-hydrogen) atoms. The zero-order valence-corrected chi connectivity index (χ0v) is 11.8. The van der Waals surface area contributed by atoms with Crippen LogP contribution in [0.3, 0.4) is 0 Å². The highest BCUT2D eigenvalue weighted by molar-refractivity contribution is 5.77. The molecule has 0 aliphatic rings. The molecule has 0 bridgehead atoms. The van der Waals surface area contributed by atoms with E-state index in [4.69, 9.17) is 0 Å². The highest BCUT2D eigenvalue weighted by atomic mass is 16.3. The van der Waals surface area contributed by atoms with Crippen molar-refractivity contribution in [1.29, 1.82) is 0 Å². The van der Waals surface area contributed by atoms with Gasteiger partial charge in [-0.25, -0.2) is 0 Å². The number of aromatic hydroxyl groups is 2. The minimum absolute atomic E-state index is 0.0780. The molecule has 0 atom stereocenters. The maximum Gasteiger partial charge on any atom is 0.161 e. The molecule has 0 aliphatic carbocycles. The number of carbonyl (C=O) groups is 1. The third-order valence-electron chi connectivity index (χ3n) is 3.28. The number of phenols is 2. The quantitative estimate of drug-likeness (QED) is 0.643. The second-order valence-electron chi connectivity index (χ2n) is 5.88. The fourth-order valence-corrected chi connectivity index (χ4v) is 2.11. The Morgan fingerprint density at radius 3 is 2.05 bits per heavy atom. The predicted octanol–water partition coefficient (Wildman–Crippen LogP) is 3.87. The Bertz CT molecular complexity index is 635. The van der Waals surface area contributed by atoms with E-state index in [9.17, 15) is 15.0 Å². The molecule has 2 N–H and O–H groups in total. The average Bonchev–Trinajstić information content (AvgIpc) is 2.40. The van der Waals surface area contributed by atoms with Gasteiger partial charge in [0.05, 0.1) is 0 Å². The minimum atomic E-state index is -0.277. The van der Waals surface area contributed by atoms with Crippen molar-refractivity contribution in [2.75, 3.05) is 0 Å². The second-order valence-corrected chi connectivity index (χ2v) is 5.88. The van der Waals surface area contributed by atoms with Crippen molar-refractivity contribution in [3.8, 4) is 22.6 Å². The van der Waals surface area contributed by atoms with Gasteiger partial charge in [0.1, 0.15) is 6.29 Å². The first-order valence-electron chi connectivity index (χ1n) is 6.45. The Morgan fingerprint density at radius 2 is 1.55 bits per heavy atom. The fourth-order valence-electron chi connectivity index (χ4n) is 2.11. The first-order chi connectivity index (χ1) is 9.32. The second kappa shape index (κ2) is 5.00. The lowest BCUT2D eigenvalue weighted by Crippen LogP contribution is -2.11. The Hall–Kier alpha value is -2.29. The van der Waals surface area contributed by atoms with Gasteiger partial charge < -0.3 is 10.2 Å². The van der Waals surface area contributed by atoms with Crippen molar-refractivity contribution in [3.63, 3.8) is 0 Å². The van der Waals surface area contributed by atoms with Gasteiger partial charge in [0.2, 0.25) is 0 Å². The molecule has 0 aliphatic heterocycles. The maximum atomic E-state index is 10.7. The van der Waals surface area contributed by atoms with Gasteiger partial charge >= 0.3 is 0 Å². The molecule has 0 saturated heterocycles. The minimum Gasteiger partial charge on any atom is -0.504 e. The Morgan fingerprint density at radius 1 is 0.950 bits per heavy atom. The highest BCUT2D eigenvalue weighted by Crippen LogP contribution is 2.40. The van der Waals surface area contributed by atoms with Crippen LogP contribution in [0.1, 0.15) is 36.7 Å². The molecule has 2 aromatic rings. The van der Waals surface area contributed by atoms with Crippen molar-refractivity contribution in [3.05, 3.63) is 47.5 Å². The molecule has 0 fully saturated rings. The molecule has 3 heteroatoms. The summed E-state index contributed by atoms with van der Waals surface area (Å²) in [6.45, 7) is 5.92. The van der Waals surface area contributed by atoms with E-state index in [0.717, 1.165) is 17.4 Å². The summed E-state index contributed by atoms with van der Waals surface area (Å²) in [6.07, 6.45) is 0.790. The molecule has 2 rings (SSSR count). The van der Waals surface area contributed by atoms with Gasteiger partial charge in [-0.1, -0.05) is 45.0 Å². The van der Waals surface area contributed by atoms with E-state index in [-0.39, 0.29) is 16.9 Å². The lowest BCUT2D eigenvalue weighted by molar-refractivity contribution is 0.112. The van der Waals surface area contributed by atoms with Crippen LogP contribution in [-0.2, 0) is 5.41 Å². The van der Waals surface area contributed by atoms with Crippen molar-refractivity contribution in [1.82, 2.24) is 0 Å². The number of phenolic OH excluding ortho intramolecular Hbond substituents is 2. The summed E-state index contributed by atoms with van der Waals surface area (Å²) >= 11 is 0. The van der Waals surface area contributed by atoms with Gasteiger partial charge in [-0.2, -0.15) is 0 Å². The van der Waals surface area contributed by atoms with E-state index in [1.165, 1.54) is 6.07 Å². The third kappa shape index (κ3) is 2.67. The van der Waals surface area contributed by atoms with Crippen LogP contribution in [0.25, 0.3) is 11.1 Å². The van der Waals surface area contributed by atoms with Crippen LogP contribution < -0.4 is 0 Å². The Labute approximate surface area is 118 Å². The van der Waals surface area contributed by atoms with Crippen molar-refractivity contribution >= 4 is 6.29 Å². The van der Waals surface area contributed by atoms with Gasteiger partial charge in [-0.3, -0.25) is 4.79 Å². The number of hydrogen-bond donors (Lipinski definition) is 2. The van der Waals surface area contributed by atoms with Crippen molar-refractivity contribution in [2.45, 2.75) is 26.2 Å². The summed E-state index contributed by atoms with van der Waals surface area (Å²) < 4.78 is 0. The zero-order valence-electron chi connectivity index (χ0n) is 11.8. The normalized spacial score (nSPS) is 11.3. The van der Waals surface area contributed by atoms with Crippen LogP contribution in [0.2, 0.25) is 0 Å². The number of aldehydes is 1. The fraction of sp³-hybridized carbons (Fsp3) is 0.235. The number of benzene rings is 2. The lowest BCUT2D eigenvalue weighted by Gasteiger charge is -2.22. The molecule has 0 spiro atoms. The number of hydrogen-bond acceptors (Lipinski definition) is 3. The molecule has 3 nitrogen and oxygen atoms in total. The first kappa shape index (κ1) is 14.1. The summed E-state index contributed by atoms with van der Waals surface area (Å²) in [5.74, 6) is -0.211.